The number of hydrogen-bond acceptors (Lipinski definition) is 5. The topological polar surface area (TPSA) is 84.7 Å². The molecule has 2 aliphatic heterocycles. The molecule has 0 saturated carbocycles. The largest absolute Gasteiger partial charge is 0.354 e. The van der Waals surface area contributed by atoms with E-state index in [0.29, 0.717) is 18.6 Å². The number of nitro groups is 1. The Morgan fingerprint density at radius 2 is 1.90 bits per heavy atom. The first-order valence-electron chi connectivity index (χ1n) is 9.73. The summed E-state index contributed by atoms with van der Waals surface area (Å²) in [5.41, 5.74) is 0.111. The van der Waals surface area contributed by atoms with Crippen molar-refractivity contribution in [1.29, 1.82) is 0 Å². The molecule has 0 aliphatic carbocycles. The number of alkyl halides is 3. The van der Waals surface area contributed by atoms with Crippen molar-refractivity contribution in [3.63, 3.8) is 0 Å². The van der Waals surface area contributed by atoms with Gasteiger partial charge in [-0.15, -0.1) is 0 Å². The van der Waals surface area contributed by atoms with Crippen LogP contribution in [0.1, 0.15) is 42.5 Å². The monoisotopic (exact) mass is 463 g/mol. The van der Waals surface area contributed by atoms with E-state index in [1.807, 2.05) is 0 Å². The van der Waals surface area contributed by atoms with Crippen LogP contribution < -0.4 is 5.32 Å². The predicted octanol–water partition coefficient (Wildman–Crippen LogP) is 4.30. The van der Waals surface area contributed by atoms with E-state index in [9.17, 15) is 14.9 Å². The number of ether oxygens (including phenoxy) is 1. The van der Waals surface area contributed by atoms with Gasteiger partial charge in [0.15, 0.2) is 6.23 Å². The average Bonchev–Trinajstić information content (AvgIpc) is 2.70. The van der Waals surface area contributed by atoms with Crippen LogP contribution in [-0.2, 0) is 4.74 Å². The summed E-state index contributed by atoms with van der Waals surface area (Å²) in [7, 11) is 0. The Morgan fingerprint density at radius 3 is 2.55 bits per heavy atom. The molecule has 160 valence electrons. The summed E-state index contributed by atoms with van der Waals surface area (Å²) in [5, 5.41) is 13.3. The van der Waals surface area contributed by atoms with Crippen molar-refractivity contribution in [3.8, 4) is 0 Å². The van der Waals surface area contributed by atoms with Crippen molar-refractivity contribution in [3.05, 3.63) is 39.9 Å². The number of piperidine rings is 2. The van der Waals surface area contributed by atoms with Gasteiger partial charge in [-0.25, -0.2) is 0 Å². The molecule has 2 saturated heterocycles. The highest BCUT2D eigenvalue weighted by atomic mass is 35.6. The maximum atomic E-state index is 12.5. The minimum absolute atomic E-state index is 0.106. The Morgan fingerprint density at radius 1 is 1.21 bits per heavy atom. The van der Waals surface area contributed by atoms with E-state index >= 15 is 0 Å². The molecule has 0 bridgehead atoms. The van der Waals surface area contributed by atoms with E-state index in [-0.39, 0.29) is 11.3 Å². The fourth-order valence-corrected chi connectivity index (χ4v) is 4.50. The number of rotatable bonds is 6. The Kier molecular flexibility index (Phi) is 7.62. The van der Waals surface area contributed by atoms with Crippen LogP contribution >= 0.6 is 34.8 Å². The molecule has 0 radical (unpaired) electrons. The molecule has 2 aliphatic rings. The number of hydrogen-bond donors (Lipinski definition) is 1. The van der Waals surface area contributed by atoms with Crippen LogP contribution in [0.2, 0.25) is 0 Å². The summed E-state index contributed by atoms with van der Waals surface area (Å²) in [4.78, 5) is 25.3. The summed E-state index contributed by atoms with van der Waals surface area (Å²) in [6, 6.07) is 5.67. The van der Waals surface area contributed by atoms with Crippen LogP contribution in [0.5, 0.6) is 0 Å². The second kappa shape index (κ2) is 9.79. The fourth-order valence-electron chi connectivity index (χ4n) is 4.15. The minimum atomic E-state index is -1.85. The molecular formula is C19H24Cl3N3O4. The fraction of sp³-hybridized carbons (Fsp3) is 0.632. The van der Waals surface area contributed by atoms with Crippen molar-refractivity contribution in [2.75, 3.05) is 19.7 Å². The van der Waals surface area contributed by atoms with E-state index in [1.165, 1.54) is 37.1 Å². The smallest absolute Gasteiger partial charge is 0.269 e. The van der Waals surface area contributed by atoms with Crippen LogP contribution in [0.25, 0.3) is 0 Å². The molecule has 29 heavy (non-hydrogen) atoms. The van der Waals surface area contributed by atoms with Crippen molar-refractivity contribution in [2.45, 2.75) is 48.2 Å². The summed E-state index contributed by atoms with van der Waals surface area (Å²) < 4.78 is 4.04. The first-order valence-corrected chi connectivity index (χ1v) is 10.9. The molecule has 0 spiro atoms. The third kappa shape index (κ3) is 5.95. The second-order valence-corrected chi connectivity index (χ2v) is 9.90. The number of carbonyl (C=O) groups excluding carboxylic acids is 1. The van der Waals surface area contributed by atoms with Gasteiger partial charge in [-0.2, -0.15) is 0 Å². The third-order valence-corrected chi connectivity index (χ3v) is 6.20. The van der Waals surface area contributed by atoms with Gasteiger partial charge < -0.3 is 15.0 Å². The number of nitro benzene ring substituents is 1. The molecule has 3 atom stereocenters. The van der Waals surface area contributed by atoms with Crippen LogP contribution in [0.4, 0.5) is 5.69 Å². The zero-order chi connectivity index (χ0) is 21.0. The van der Waals surface area contributed by atoms with Gasteiger partial charge in [0.2, 0.25) is 3.79 Å². The lowest BCUT2D eigenvalue weighted by molar-refractivity contribution is -0.384. The normalized spacial score (nSPS) is 23.8. The van der Waals surface area contributed by atoms with E-state index in [1.54, 1.807) is 0 Å². The van der Waals surface area contributed by atoms with Gasteiger partial charge >= 0.3 is 0 Å². The number of nitrogens with zero attached hydrogens (tertiary/aromatic N) is 2. The molecule has 1 aromatic rings. The maximum absolute atomic E-state index is 12.5. The summed E-state index contributed by atoms with van der Waals surface area (Å²) in [5.74, 6) is -0.200. The van der Waals surface area contributed by atoms with Crippen molar-refractivity contribution >= 4 is 46.4 Å². The van der Waals surface area contributed by atoms with Gasteiger partial charge in [0, 0.05) is 23.7 Å². The second-order valence-electron chi connectivity index (χ2n) is 7.53. The number of benzene rings is 1. The van der Waals surface area contributed by atoms with Crippen molar-refractivity contribution in [1.82, 2.24) is 10.2 Å². The molecule has 1 amide bonds. The maximum Gasteiger partial charge on any atom is 0.269 e. The SMILES string of the molecule is O=C(NC(OC[C@@H]1CCCN2CCCC[C@H]12)C(Cl)(Cl)Cl)c1ccc([N+](=O)[O-])cc1. The van der Waals surface area contributed by atoms with Gasteiger partial charge in [-0.1, -0.05) is 41.2 Å². The molecule has 1 N–H and O–H groups in total. The molecule has 10 heteroatoms. The summed E-state index contributed by atoms with van der Waals surface area (Å²) >= 11 is 18.1. The van der Waals surface area contributed by atoms with Crippen LogP contribution in [-0.4, -0.2) is 51.5 Å². The third-order valence-electron chi connectivity index (χ3n) is 5.61. The molecule has 2 heterocycles. The van der Waals surface area contributed by atoms with Gasteiger partial charge in [0.25, 0.3) is 11.6 Å². The number of carbonyl (C=O) groups is 1. The molecule has 3 rings (SSSR count). The van der Waals surface area contributed by atoms with E-state index in [2.05, 4.69) is 10.2 Å². The number of fused-ring (bicyclic) bond motifs is 1. The highest BCUT2D eigenvalue weighted by Gasteiger charge is 2.38. The lowest BCUT2D eigenvalue weighted by Crippen LogP contribution is -2.51. The van der Waals surface area contributed by atoms with Gasteiger partial charge in [0.05, 0.1) is 11.5 Å². The predicted molar refractivity (Wildman–Crippen MR) is 113 cm³/mol. The highest BCUT2D eigenvalue weighted by Crippen LogP contribution is 2.34. The van der Waals surface area contributed by atoms with Crippen LogP contribution in [0, 0.1) is 16.0 Å². The van der Waals surface area contributed by atoms with Crippen molar-refractivity contribution in [2.24, 2.45) is 5.92 Å². The number of non-ortho nitro benzene ring substituents is 1. The van der Waals surface area contributed by atoms with Crippen LogP contribution in [0.15, 0.2) is 24.3 Å². The van der Waals surface area contributed by atoms with E-state index in [0.717, 1.165) is 32.4 Å². The molecule has 1 aromatic carbocycles. The molecule has 2 fully saturated rings. The number of halogens is 3. The lowest BCUT2D eigenvalue weighted by atomic mass is 9.84. The lowest BCUT2D eigenvalue weighted by Gasteiger charge is -2.44. The Bertz CT molecular complexity index is 724. The molecule has 1 unspecified atom stereocenters. The van der Waals surface area contributed by atoms with Gasteiger partial charge in [0.1, 0.15) is 0 Å². The minimum Gasteiger partial charge on any atom is -0.354 e. The first-order chi connectivity index (χ1) is 13.8. The standard InChI is InChI=1S/C19H24Cl3N3O4/c20-19(21,22)18(23-17(26)13-6-8-15(9-7-13)25(27)28)29-12-14-4-3-11-24-10-2-1-5-16(14)24/h6-9,14,16,18H,1-5,10-12H2,(H,23,26)/t14-,16+,18?/m0/s1. The number of nitrogens with one attached hydrogen (secondary N) is 1. The number of amides is 1. The highest BCUT2D eigenvalue weighted by molar-refractivity contribution is 6.68. The molecular weight excluding hydrogens is 441 g/mol. The van der Waals surface area contributed by atoms with E-state index in [4.69, 9.17) is 39.5 Å². The van der Waals surface area contributed by atoms with Gasteiger partial charge in [-0.3, -0.25) is 14.9 Å². The van der Waals surface area contributed by atoms with Crippen molar-refractivity contribution < 1.29 is 14.5 Å². The molecule has 0 aromatic heterocycles. The average molecular weight is 465 g/mol. The van der Waals surface area contributed by atoms with Gasteiger partial charge in [-0.05, 0) is 56.8 Å². The molecule has 7 nitrogen and oxygen atoms in total. The Balaban J connectivity index is 1.62. The van der Waals surface area contributed by atoms with E-state index < -0.39 is 20.9 Å². The summed E-state index contributed by atoms with van der Waals surface area (Å²) in [6.07, 6.45) is 4.60. The zero-order valence-corrected chi connectivity index (χ0v) is 18.1. The Hall–Kier alpha value is -1.12. The summed E-state index contributed by atoms with van der Waals surface area (Å²) in [6.45, 7) is 2.62. The van der Waals surface area contributed by atoms with Crippen LogP contribution in [0.3, 0.4) is 0 Å². The Labute approximate surface area is 184 Å². The zero-order valence-electron chi connectivity index (χ0n) is 15.9. The quantitative estimate of drug-likeness (QED) is 0.294. The first kappa shape index (κ1) is 22.6.